The van der Waals surface area contributed by atoms with Crippen LogP contribution in [0.15, 0.2) is 22.7 Å². The largest absolute Gasteiger partial charge is 0.334 e. The van der Waals surface area contributed by atoms with Crippen LogP contribution in [0.4, 0.5) is 4.39 Å². The summed E-state index contributed by atoms with van der Waals surface area (Å²) in [7, 11) is 0. The third-order valence-corrected chi connectivity index (χ3v) is 4.52. The summed E-state index contributed by atoms with van der Waals surface area (Å²) in [5.41, 5.74) is 0.545. The Morgan fingerprint density at radius 2 is 2.28 bits per heavy atom. The third-order valence-electron chi connectivity index (χ3n) is 3.87. The molecule has 2 saturated heterocycles. The van der Waals surface area contributed by atoms with Gasteiger partial charge in [0.05, 0.1) is 5.56 Å². The maximum Gasteiger partial charge on any atom is 0.255 e. The molecule has 3 nitrogen and oxygen atoms in total. The van der Waals surface area contributed by atoms with Gasteiger partial charge in [0, 0.05) is 30.1 Å². The molecule has 96 valence electrons. The number of hydrogen-bond donors (Lipinski definition) is 1. The first kappa shape index (κ1) is 12.1. The van der Waals surface area contributed by atoms with Crippen LogP contribution in [0.1, 0.15) is 16.8 Å². The quantitative estimate of drug-likeness (QED) is 0.860. The molecule has 1 N–H and O–H groups in total. The smallest absolute Gasteiger partial charge is 0.255 e. The Kier molecular flexibility index (Phi) is 3.11. The number of fused-ring (bicyclic) bond motifs is 1. The Hall–Kier alpha value is -0.940. The molecular formula is C13H14BrFN2O. The Balaban J connectivity index is 1.86. The molecule has 2 fully saturated rings. The number of nitrogens with one attached hydrogen (secondary N) is 1. The van der Waals surface area contributed by atoms with Crippen LogP contribution in [-0.4, -0.2) is 36.5 Å². The van der Waals surface area contributed by atoms with Crippen LogP contribution < -0.4 is 5.32 Å². The topological polar surface area (TPSA) is 32.3 Å². The molecule has 2 aliphatic heterocycles. The van der Waals surface area contributed by atoms with E-state index in [4.69, 9.17) is 0 Å². The SMILES string of the molecule is O=C(c1ccc(F)cc1Br)N1CC[C@@H]2CNC[C@@H]21. The fraction of sp³-hybridized carbons (Fsp3) is 0.462. The van der Waals surface area contributed by atoms with Gasteiger partial charge < -0.3 is 10.2 Å². The minimum absolute atomic E-state index is 0.00178. The minimum Gasteiger partial charge on any atom is -0.334 e. The fourth-order valence-electron chi connectivity index (χ4n) is 2.92. The van der Waals surface area contributed by atoms with Gasteiger partial charge in [0.2, 0.25) is 0 Å². The Morgan fingerprint density at radius 1 is 1.44 bits per heavy atom. The molecule has 5 heteroatoms. The second kappa shape index (κ2) is 4.63. The molecule has 0 aliphatic carbocycles. The summed E-state index contributed by atoms with van der Waals surface area (Å²) in [6, 6.07) is 4.53. The van der Waals surface area contributed by atoms with Gasteiger partial charge in [0.1, 0.15) is 5.82 Å². The van der Waals surface area contributed by atoms with E-state index in [1.54, 1.807) is 6.07 Å². The molecule has 0 aromatic heterocycles. The second-order valence-electron chi connectivity index (χ2n) is 4.90. The molecule has 1 aromatic rings. The first-order valence-corrected chi connectivity index (χ1v) is 6.93. The highest BCUT2D eigenvalue weighted by Gasteiger charge is 2.40. The number of carbonyl (C=O) groups excluding carboxylic acids is 1. The molecule has 2 heterocycles. The van der Waals surface area contributed by atoms with Crippen molar-refractivity contribution in [1.82, 2.24) is 10.2 Å². The van der Waals surface area contributed by atoms with E-state index in [1.165, 1.54) is 12.1 Å². The van der Waals surface area contributed by atoms with Gasteiger partial charge in [-0.3, -0.25) is 4.79 Å². The van der Waals surface area contributed by atoms with Crippen molar-refractivity contribution < 1.29 is 9.18 Å². The van der Waals surface area contributed by atoms with Gasteiger partial charge in [-0.25, -0.2) is 4.39 Å². The van der Waals surface area contributed by atoms with E-state index >= 15 is 0 Å². The van der Waals surface area contributed by atoms with Crippen LogP contribution in [0.3, 0.4) is 0 Å². The van der Waals surface area contributed by atoms with Gasteiger partial charge >= 0.3 is 0 Å². The number of hydrogen-bond acceptors (Lipinski definition) is 2. The highest BCUT2D eigenvalue weighted by atomic mass is 79.9. The number of halogens is 2. The van der Waals surface area contributed by atoms with E-state index in [1.807, 2.05) is 4.90 Å². The lowest BCUT2D eigenvalue weighted by Gasteiger charge is -2.24. The van der Waals surface area contributed by atoms with E-state index in [0.29, 0.717) is 22.0 Å². The minimum atomic E-state index is -0.333. The molecule has 0 unspecified atom stereocenters. The van der Waals surface area contributed by atoms with Gasteiger partial charge in [0.25, 0.3) is 5.91 Å². The van der Waals surface area contributed by atoms with Crippen molar-refractivity contribution in [2.45, 2.75) is 12.5 Å². The summed E-state index contributed by atoms with van der Waals surface area (Å²) in [5.74, 6) is 0.242. The monoisotopic (exact) mass is 312 g/mol. The van der Waals surface area contributed by atoms with Crippen LogP contribution in [0.5, 0.6) is 0 Å². The van der Waals surface area contributed by atoms with Crippen molar-refractivity contribution in [3.05, 3.63) is 34.1 Å². The molecule has 3 rings (SSSR count). The van der Waals surface area contributed by atoms with Crippen molar-refractivity contribution in [2.24, 2.45) is 5.92 Å². The van der Waals surface area contributed by atoms with Crippen LogP contribution >= 0.6 is 15.9 Å². The molecule has 18 heavy (non-hydrogen) atoms. The van der Waals surface area contributed by atoms with Crippen molar-refractivity contribution in [3.8, 4) is 0 Å². The molecule has 2 aliphatic rings. The molecule has 0 saturated carbocycles. The number of likely N-dealkylation sites (tertiary alicyclic amines) is 1. The van der Waals surface area contributed by atoms with Crippen molar-refractivity contribution >= 4 is 21.8 Å². The van der Waals surface area contributed by atoms with Gasteiger partial charge in [-0.1, -0.05) is 0 Å². The van der Waals surface area contributed by atoms with Crippen LogP contribution in [-0.2, 0) is 0 Å². The number of nitrogens with zero attached hydrogens (tertiary/aromatic N) is 1. The zero-order chi connectivity index (χ0) is 12.7. The average Bonchev–Trinajstić information content (AvgIpc) is 2.89. The van der Waals surface area contributed by atoms with Crippen molar-refractivity contribution in [3.63, 3.8) is 0 Å². The molecule has 1 amide bonds. The van der Waals surface area contributed by atoms with Gasteiger partial charge in [0.15, 0.2) is 0 Å². The molecule has 2 atom stereocenters. The van der Waals surface area contributed by atoms with E-state index in [0.717, 1.165) is 26.1 Å². The molecule has 1 aromatic carbocycles. The molecule has 0 radical (unpaired) electrons. The van der Waals surface area contributed by atoms with Gasteiger partial charge in [-0.2, -0.15) is 0 Å². The number of amides is 1. The second-order valence-corrected chi connectivity index (χ2v) is 5.75. The van der Waals surface area contributed by atoms with Gasteiger partial charge in [-0.15, -0.1) is 0 Å². The van der Waals surface area contributed by atoms with Crippen molar-refractivity contribution in [1.29, 1.82) is 0 Å². The molecular weight excluding hydrogens is 299 g/mol. The van der Waals surface area contributed by atoms with Crippen LogP contribution in [0, 0.1) is 11.7 Å². The Labute approximate surface area is 113 Å². The normalized spacial score (nSPS) is 26.4. The summed E-state index contributed by atoms with van der Waals surface area (Å²) in [5, 5.41) is 3.32. The first-order chi connectivity index (χ1) is 8.66. The zero-order valence-electron chi connectivity index (χ0n) is 9.83. The Bertz CT molecular complexity index is 494. The lowest BCUT2D eigenvalue weighted by Crippen LogP contribution is -2.39. The van der Waals surface area contributed by atoms with E-state index < -0.39 is 0 Å². The Morgan fingerprint density at radius 3 is 3.06 bits per heavy atom. The maximum atomic E-state index is 13.0. The van der Waals surface area contributed by atoms with Crippen molar-refractivity contribution in [2.75, 3.05) is 19.6 Å². The van der Waals surface area contributed by atoms with Crippen LogP contribution in [0.25, 0.3) is 0 Å². The van der Waals surface area contributed by atoms with Gasteiger partial charge in [-0.05, 0) is 46.5 Å². The predicted octanol–water partition coefficient (Wildman–Crippen LogP) is 2.02. The predicted molar refractivity (Wildman–Crippen MR) is 69.9 cm³/mol. The lowest BCUT2D eigenvalue weighted by molar-refractivity contribution is 0.0736. The summed E-state index contributed by atoms with van der Waals surface area (Å²) < 4.78 is 13.6. The summed E-state index contributed by atoms with van der Waals surface area (Å²) in [6.07, 6.45) is 1.06. The highest BCUT2D eigenvalue weighted by molar-refractivity contribution is 9.10. The number of carbonyl (C=O) groups is 1. The van der Waals surface area contributed by atoms with E-state index in [-0.39, 0.29) is 11.7 Å². The summed E-state index contributed by atoms with van der Waals surface area (Å²) in [6.45, 7) is 2.67. The molecule has 0 spiro atoms. The van der Waals surface area contributed by atoms with E-state index in [9.17, 15) is 9.18 Å². The highest BCUT2D eigenvalue weighted by Crippen LogP contribution is 2.30. The van der Waals surface area contributed by atoms with E-state index in [2.05, 4.69) is 21.2 Å². The fourth-order valence-corrected chi connectivity index (χ4v) is 3.44. The summed E-state index contributed by atoms with van der Waals surface area (Å²) in [4.78, 5) is 14.4. The zero-order valence-corrected chi connectivity index (χ0v) is 11.4. The number of rotatable bonds is 1. The maximum absolute atomic E-state index is 13.0. The molecule has 0 bridgehead atoms. The lowest BCUT2D eigenvalue weighted by atomic mass is 10.0. The standard InChI is InChI=1S/C13H14BrFN2O/c14-11-5-9(15)1-2-10(11)13(18)17-4-3-8-6-16-7-12(8)17/h1-2,5,8,12,16H,3-4,6-7H2/t8-,12+/m1/s1. The average molecular weight is 313 g/mol. The number of benzene rings is 1. The summed E-state index contributed by atoms with van der Waals surface area (Å²) >= 11 is 3.26. The first-order valence-electron chi connectivity index (χ1n) is 6.13. The third kappa shape index (κ3) is 1.95. The van der Waals surface area contributed by atoms with Crippen LogP contribution in [0.2, 0.25) is 0 Å².